The lowest BCUT2D eigenvalue weighted by Gasteiger charge is -2.07. The molecule has 0 saturated heterocycles. The Kier molecular flexibility index (Phi) is 5.83. The van der Waals surface area contributed by atoms with Crippen molar-refractivity contribution in [2.24, 2.45) is 0 Å². The molecule has 0 saturated carbocycles. The molecule has 2 N–H and O–H groups in total. The third-order valence-corrected chi connectivity index (χ3v) is 5.65. The molecular formula is C26H21N7O3. The largest absolute Gasteiger partial charge is 0.477 e. The molecule has 36 heavy (non-hydrogen) atoms. The van der Waals surface area contributed by atoms with Gasteiger partial charge in [-0.1, -0.05) is 48.5 Å². The first kappa shape index (κ1) is 22.7. The Morgan fingerprint density at radius 1 is 0.889 bits per heavy atom. The minimum atomic E-state index is -1.26. The summed E-state index contributed by atoms with van der Waals surface area (Å²) in [5, 5.41) is 29.9. The van der Waals surface area contributed by atoms with Crippen molar-refractivity contribution in [3.8, 4) is 17.2 Å². The van der Waals surface area contributed by atoms with Crippen LogP contribution in [0.4, 0.5) is 0 Å². The van der Waals surface area contributed by atoms with Gasteiger partial charge < -0.3 is 10.4 Å². The van der Waals surface area contributed by atoms with E-state index in [0.29, 0.717) is 39.8 Å². The van der Waals surface area contributed by atoms with Crippen LogP contribution in [-0.2, 0) is 4.79 Å². The summed E-state index contributed by atoms with van der Waals surface area (Å²) < 4.78 is 3.26. The number of nitrogens with one attached hydrogen (secondary N) is 1. The van der Waals surface area contributed by atoms with E-state index in [1.165, 1.54) is 6.08 Å². The predicted molar refractivity (Wildman–Crippen MR) is 132 cm³/mol. The van der Waals surface area contributed by atoms with E-state index in [0.717, 1.165) is 5.56 Å². The van der Waals surface area contributed by atoms with Gasteiger partial charge in [-0.2, -0.15) is 9.61 Å². The van der Waals surface area contributed by atoms with E-state index in [1.54, 1.807) is 65.5 Å². The maximum absolute atomic E-state index is 12.5. The second-order valence-electron chi connectivity index (χ2n) is 8.03. The fourth-order valence-electron chi connectivity index (χ4n) is 3.83. The maximum atomic E-state index is 12.5. The number of aliphatic carboxylic acids is 1. The van der Waals surface area contributed by atoms with Gasteiger partial charge in [0.2, 0.25) is 0 Å². The van der Waals surface area contributed by atoms with Gasteiger partial charge in [0.1, 0.15) is 5.70 Å². The average Bonchev–Trinajstić information content (AvgIpc) is 3.44. The highest BCUT2D eigenvalue weighted by atomic mass is 16.4. The van der Waals surface area contributed by atoms with Gasteiger partial charge in [0, 0.05) is 16.7 Å². The van der Waals surface area contributed by atoms with Gasteiger partial charge in [0.25, 0.3) is 5.91 Å². The summed E-state index contributed by atoms with van der Waals surface area (Å²) in [6.45, 7) is 3.57. The van der Waals surface area contributed by atoms with E-state index in [1.807, 2.05) is 30.3 Å². The number of aryl methyl sites for hydroxylation is 1. The second-order valence-corrected chi connectivity index (χ2v) is 8.03. The van der Waals surface area contributed by atoms with Gasteiger partial charge in [0.05, 0.1) is 11.4 Å². The number of carboxylic acids is 1. The highest BCUT2D eigenvalue weighted by Crippen LogP contribution is 2.22. The molecule has 10 nitrogen and oxygen atoms in total. The Hall–Kier alpha value is -5.12. The summed E-state index contributed by atoms with van der Waals surface area (Å²) in [5.74, 6) is -0.682. The molecule has 0 bridgehead atoms. The molecule has 3 aromatic heterocycles. The van der Waals surface area contributed by atoms with Crippen molar-refractivity contribution in [1.82, 2.24) is 34.9 Å². The zero-order valence-corrected chi connectivity index (χ0v) is 19.5. The predicted octanol–water partition coefficient (Wildman–Crippen LogP) is 3.45. The zero-order chi connectivity index (χ0) is 25.2. The Labute approximate surface area is 205 Å². The summed E-state index contributed by atoms with van der Waals surface area (Å²) in [7, 11) is 0. The number of carboxylic acid groups (broad SMARTS) is 1. The molecule has 5 aromatic rings. The summed E-state index contributed by atoms with van der Waals surface area (Å²) in [4.78, 5) is 24.5. The smallest absolute Gasteiger partial charge is 0.352 e. The SMILES string of the molecule is Cc1nn(-c2ccc3nnc(-c4ccccc4)n3n2)c(C)c1/C=C(/NC(=O)c1ccccc1)C(=O)O. The van der Waals surface area contributed by atoms with Gasteiger partial charge in [-0.25, -0.2) is 9.48 Å². The summed E-state index contributed by atoms with van der Waals surface area (Å²) in [6.07, 6.45) is 1.41. The fourth-order valence-corrected chi connectivity index (χ4v) is 3.83. The first-order valence-corrected chi connectivity index (χ1v) is 11.1. The normalized spacial score (nSPS) is 11.6. The average molecular weight is 480 g/mol. The minimum absolute atomic E-state index is 0.261. The maximum Gasteiger partial charge on any atom is 0.352 e. The third-order valence-electron chi connectivity index (χ3n) is 5.65. The van der Waals surface area contributed by atoms with E-state index in [9.17, 15) is 14.7 Å². The Morgan fingerprint density at radius 2 is 1.58 bits per heavy atom. The number of carbonyl (C=O) groups is 2. The summed E-state index contributed by atoms with van der Waals surface area (Å²) in [5.41, 5.74) is 3.34. The van der Waals surface area contributed by atoms with Crippen LogP contribution >= 0.6 is 0 Å². The molecule has 0 unspecified atom stereocenters. The number of benzene rings is 2. The molecule has 1 amide bonds. The molecule has 178 valence electrons. The molecule has 10 heteroatoms. The van der Waals surface area contributed by atoms with Gasteiger partial charge in [-0.15, -0.1) is 15.3 Å². The molecule has 0 atom stereocenters. The molecule has 2 aromatic carbocycles. The van der Waals surface area contributed by atoms with Crippen molar-refractivity contribution < 1.29 is 14.7 Å². The lowest BCUT2D eigenvalue weighted by molar-refractivity contribution is -0.132. The Morgan fingerprint density at radius 3 is 2.28 bits per heavy atom. The van der Waals surface area contributed by atoms with Crippen LogP contribution in [0.25, 0.3) is 28.9 Å². The number of hydrogen-bond acceptors (Lipinski definition) is 6. The number of nitrogens with zero attached hydrogens (tertiary/aromatic N) is 6. The fraction of sp³-hybridized carbons (Fsp3) is 0.0769. The zero-order valence-electron chi connectivity index (χ0n) is 19.5. The lowest BCUT2D eigenvalue weighted by Crippen LogP contribution is -2.27. The lowest BCUT2D eigenvalue weighted by atomic mass is 10.1. The summed E-state index contributed by atoms with van der Waals surface area (Å²) >= 11 is 0. The summed E-state index contributed by atoms with van der Waals surface area (Å²) in [6, 6.07) is 21.6. The minimum Gasteiger partial charge on any atom is -0.477 e. The van der Waals surface area contributed by atoms with Crippen molar-refractivity contribution in [2.75, 3.05) is 0 Å². The van der Waals surface area contributed by atoms with Crippen LogP contribution in [0, 0.1) is 13.8 Å². The monoisotopic (exact) mass is 479 g/mol. The molecule has 0 radical (unpaired) electrons. The van der Waals surface area contributed by atoms with Crippen LogP contribution < -0.4 is 5.32 Å². The van der Waals surface area contributed by atoms with Crippen molar-refractivity contribution in [3.05, 3.63) is 101 Å². The van der Waals surface area contributed by atoms with Crippen molar-refractivity contribution in [3.63, 3.8) is 0 Å². The highest BCUT2D eigenvalue weighted by Gasteiger charge is 2.19. The number of rotatable bonds is 6. The van der Waals surface area contributed by atoms with Crippen LogP contribution in [0.1, 0.15) is 27.3 Å². The van der Waals surface area contributed by atoms with Crippen LogP contribution in [0.15, 0.2) is 78.5 Å². The molecular weight excluding hydrogens is 458 g/mol. The van der Waals surface area contributed by atoms with Crippen LogP contribution in [0.3, 0.4) is 0 Å². The number of carbonyl (C=O) groups excluding carboxylic acids is 1. The van der Waals surface area contributed by atoms with Crippen molar-refractivity contribution >= 4 is 23.6 Å². The highest BCUT2D eigenvalue weighted by molar-refractivity contribution is 6.02. The first-order valence-electron chi connectivity index (χ1n) is 11.1. The number of hydrogen-bond donors (Lipinski definition) is 2. The van der Waals surface area contributed by atoms with Crippen molar-refractivity contribution in [2.45, 2.75) is 13.8 Å². The Bertz CT molecular complexity index is 1620. The number of amides is 1. The van der Waals surface area contributed by atoms with Crippen LogP contribution in [0.5, 0.6) is 0 Å². The first-order chi connectivity index (χ1) is 17.4. The third kappa shape index (κ3) is 4.23. The van der Waals surface area contributed by atoms with E-state index in [2.05, 4.69) is 25.7 Å². The Balaban J connectivity index is 1.53. The van der Waals surface area contributed by atoms with E-state index < -0.39 is 11.9 Å². The van der Waals surface area contributed by atoms with Gasteiger partial charge >= 0.3 is 5.97 Å². The van der Waals surface area contributed by atoms with Crippen molar-refractivity contribution in [1.29, 1.82) is 0 Å². The molecule has 0 spiro atoms. The van der Waals surface area contributed by atoms with E-state index in [-0.39, 0.29) is 5.70 Å². The van der Waals surface area contributed by atoms with Gasteiger partial charge in [0.15, 0.2) is 17.3 Å². The second kappa shape index (κ2) is 9.26. The standard InChI is InChI=1S/C26H21N7O3/c1-16-20(15-21(26(35)36)27-25(34)19-11-7-4-8-12-19)17(2)32(30-16)23-14-13-22-28-29-24(33(22)31-23)18-9-5-3-6-10-18/h3-15H,1-2H3,(H,27,34)(H,35,36)/b21-15+. The van der Waals surface area contributed by atoms with Crippen LogP contribution in [0.2, 0.25) is 0 Å². The molecule has 3 heterocycles. The quantitative estimate of drug-likeness (QED) is 0.357. The van der Waals surface area contributed by atoms with Crippen LogP contribution in [-0.4, -0.2) is 46.6 Å². The van der Waals surface area contributed by atoms with Gasteiger partial charge in [-0.05, 0) is 44.2 Å². The molecule has 0 fully saturated rings. The topological polar surface area (TPSA) is 127 Å². The molecule has 5 rings (SSSR count). The number of aromatic nitrogens is 6. The van der Waals surface area contributed by atoms with E-state index in [4.69, 9.17) is 0 Å². The number of fused-ring (bicyclic) bond motifs is 1. The molecule has 0 aliphatic carbocycles. The molecule has 0 aliphatic heterocycles. The molecule has 0 aliphatic rings. The van der Waals surface area contributed by atoms with E-state index >= 15 is 0 Å². The van der Waals surface area contributed by atoms with Gasteiger partial charge in [-0.3, -0.25) is 4.79 Å².